The average Bonchev–Trinajstić information content (AvgIpc) is 3.84. The Labute approximate surface area is 410 Å². The molecule has 67 heavy (non-hydrogen) atoms. The van der Waals surface area contributed by atoms with Crippen LogP contribution in [0.1, 0.15) is 226 Å². The molecule has 0 bridgehead atoms. The van der Waals surface area contributed by atoms with Gasteiger partial charge in [-0.25, -0.2) is 0 Å². The second kappa shape index (κ2) is 15.6. The van der Waals surface area contributed by atoms with Gasteiger partial charge in [0.1, 0.15) is 23.1 Å². The summed E-state index contributed by atoms with van der Waals surface area (Å²) < 4.78 is 0. The van der Waals surface area contributed by atoms with Crippen molar-refractivity contribution in [3.63, 3.8) is 0 Å². The third-order valence-corrected chi connectivity index (χ3v) is 27.2. The first-order valence-electron chi connectivity index (χ1n) is 28.3. The largest absolute Gasteiger partial charge is 0.299 e. The van der Waals surface area contributed by atoms with Crippen molar-refractivity contribution in [1.82, 2.24) is 0 Å². The first-order chi connectivity index (χ1) is 30.9. The lowest BCUT2D eigenvalue weighted by molar-refractivity contribution is -0.235. The summed E-state index contributed by atoms with van der Waals surface area (Å²) in [6.45, 7) is 43.9. The molecule has 0 heterocycles. The SMILES string of the molecule is C=C(C)[C@@H]1CC[C@]2(C(C)=O)CC[C@]3(C)C(CC[C@@H]4[C@@]5(C)CC(C)C(=O)C(C)(C)[C@@H]5CC[C@]43C)C12.C=C(C)[C@@H]1CC[C@]2(C(C)=O)CC[C@]3(C)C(CC[C@@H]4[C@@]5(C)CCC(=O)C(C)(C)[C@@H]5CC[C@]43C)C12. The third kappa shape index (κ3) is 6.25. The van der Waals surface area contributed by atoms with Gasteiger partial charge in [0, 0.05) is 34.0 Å². The van der Waals surface area contributed by atoms with E-state index < -0.39 is 0 Å². The summed E-state index contributed by atoms with van der Waals surface area (Å²) in [4.78, 5) is 52.6. The van der Waals surface area contributed by atoms with Gasteiger partial charge in [-0.1, -0.05) is 100 Å². The van der Waals surface area contributed by atoms with E-state index in [1.165, 1.54) is 75.4 Å². The maximum Gasteiger partial charge on any atom is 0.141 e. The van der Waals surface area contributed by atoms with E-state index in [4.69, 9.17) is 0 Å². The molecule has 0 aliphatic heterocycles. The summed E-state index contributed by atoms with van der Waals surface area (Å²) in [5, 5.41) is 0. The van der Waals surface area contributed by atoms with Gasteiger partial charge in [-0.2, -0.15) is 0 Å². The molecule has 0 amide bonds. The summed E-state index contributed by atoms with van der Waals surface area (Å²) in [7, 11) is 0. The zero-order chi connectivity index (χ0) is 49.2. The first-order valence-corrected chi connectivity index (χ1v) is 28.3. The quantitative estimate of drug-likeness (QED) is 0.264. The average molecular weight is 919 g/mol. The van der Waals surface area contributed by atoms with Gasteiger partial charge < -0.3 is 0 Å². The number of ketones is 4. The molecule has 0 aromatic heterocycles. The van der Waals surface area contributed by atoms with Crippen LogP contribution in [-0.2, 0) is 19.2 Å². The standard InChI is InChI=1S/C32H50O2.C31H48O2/c1-19(2)22-12-15-32(21(4)33)17-16-30(8)23(26(22)32)10-11-25-29(7)18-20(3)27(34)28(5,6)24(29)13-14-31(25,30)9;1-19(2)21-11-16-31(20(3)32)18-17-29(7)22(26(21)31)9-10-24-28(6)14-13-25(33)27(4,5)23(28)12-15-30(24,29)8/h20,22-26H,1,10-18H2,2-9H3;21-24,26H,1,9-18H2,2-8H3/t20?,22-,23?,24-,25+,26?,29-,30+,31+,32+;21-,22?,23-,24+,26?,28-,29+,30+,31+/m00/s1. The molecule has 5 unspecified atom stereocenters. The minimum Gasteiger partial charge on any atom is -0.299 e. The highest BCUT2D eigenvalue weighted by Gasteiger charge is 2.74. The Hall–Kier alpha value is -1.84. The van der Waals surface area contributed by atoms with Crippen LogP contribution in [0.15, 0.2) is 24.3 Å². The molecule has 0 aromatic rings. The fourth-order valence-electron chi connectivity index (χ4n) is 23.7. The number of hydrogen-bond donors (Lipinski definition) is 0. The Bertz CT molecular complexity index is 2120. The maximum absolute atomic E-state index is 13.3. The van der Waals surface area contributed by atoms with Crippen LogP contribution in [0.25, 0.3) is 0 Å². The Morgan fingerprint density at radius 1 is 0.463 bits per heavy atom. The van der Waals surface area contributed by atoms with Crippen LogP contribution in [0.5, 0.6) is 0 Å². The minimum absolute atomic E-state index is 0.0999. The van der Waals surface area contributed by atoms with E-state index in [9.17, 15) is 19.2 Å². The van der Waals surface area contributed by atoms with Gasteiger partial charge in [0.2, 0.25) is 0 Å². The molecular formula is C63H98O4. The molecule has 0 radical (unpaired) electrons. The van der Waals surface area contributed by atoms with Crippen LogP contribution in [0.3, 0.4) is 0 Å². The molecule has 4 nitrogen and oxygen atoms in total. The topological polar surface area (TPSA) is 68.3 Å². The van der Waals surface area contributed by atoms with Gasteiger partial charge in [-0.3, -0.25) is 19.2 Å². The van der Waals surface area contributed by atoms with Gasteiger partial charge in [-0.05, 0) is 235 Å². The zero-order valence-corrected chi connectivity index (χ0v) is 45.8. The van der Waals surface area contributed by atoms with Crippen molar-refractivity contribution in [2.45, 2.75) is 226 Å². The normalized spacial score (nSPS) is 53.3. The number of hydrogen-bond acceptors (Lipinski definition) is 4. The molecule has 4 heteroatoms. The number of rotatable bonds is 4. The fourth-order valence-corrected chi connectivity index (χ4v) is 23.7. The van der Waals surface area contributed by atoms with E-state index in [1.54, 1.807) is 0 Å². The fraction of sp³-hybridized carbons (Fsp3) is 0.873. The lowest BCUT2D eigenvalue weighted by Crippen LogP contribution is -2.67. The monoisotopic (exact) mass is 919 g/mol. The van der Waals surface area contributed by atoms with E-state index in [0.717, 1.165) is 57.8 Å². The highest BCUT2D eigenvalue weighted by molar-refractivity contribution is 5.88. The Kier molecular flexibility index (Phi) is 11.7. The number of allylic oxidation sites excluding steroid dienone is 2. The third-order valence-electron chi connectivity index (χ3n) is 27.2. The summed E-state index contributed by atoms with van der Waals surface area (Å²) in [6.07, 6.45) is 21.9. The predicted octanol–water partition coefficient (Wildman–Crippen LogP) is 15.9. The second-order valence-corrected chi connectivity index (χ2v) is 29.6. The summed E-state index contributed by atoms with van der Waals surface area (Å²) in [5.41, 5.74) is 3.63. The van der Waals surface area contributed by atoms with Crippen LogP contribution in [-0.4, -0.2) is 23.1 Å². The molecular weight excluding hydrogens is 821 g/mol. The van der Waals surface area contributed by atoms with Crippen LogP contribution in [0, 0.1) is 119 Å². The van der Waals surface area contributed by atoms with Gasteiger partial charge >= 0.3 is 0 Å². The Balaban J connectivity index is 0.000000168. The molecule has 10 aliphatic rings. The number of Topliss-reactive ketones (excluding diaryl/α,β-unsaturated/α-hetero) is 4. The summed E-state index contributed by atoms with van der Waals surface area (Å²) in [6, 6.07) is 0. The minimum atomic E-state index is -0.210. The zero-order valence-electron chi connectivity index (χ0n) is 45.8. The van der Waals surface area contributed by atoms with Crippen molar-refractivity contribution in [2.75, 3.05) is 0 Å². The van der Waals surface area contributed by atoms with Crippen molar-refractivity contribution < 1.29 is 19.2 Å². The van der Waals surface area contributed by atoms with E-state index >= 15 is 0 Å². The van der Waals surface area contributed by atoms with Crippen LogP contribution < -0.4 is 0 Å². The lowest BCUT2D eigenvalue weighted by atomic mass is 9.32. The molecule has 10 saturated carbocycles. The predicted molar refractivity (Wildman–Crippen MR) is 274 cm³/mol. The molecule has 19 atom stereocenters. The van der Waals surface area contributed by atoms with Crippen molar-refractivity contribution in [2.24, 2.45) is 119 Å². The smallest absolute Gasteiger partial charge is 0.141 e. The Morgan fingerprint density at radius 3 is 1.30 bits per heavy atom. The molecule has 10 aliphatic carbocycles. The van der Waals surface area contributed by atoms with Gasteiger partial charge in [0.05, 0.1) is 0 Å². The van der Waals surface area contributed by atoms with Crippen molar-refractivity contribution >= 4 is 23.1 Å². The van der Waals surface area contributed by atoms with Crippen LogP contribution in [0.4, 0.5) is 0 Å². The van der Waals surface area contributed by atoms with Gasteiger partial charge in [0.25, 0.3) is 0 Å². The molecule has 0 spiro atoms. The van der Waals surface area contributed by atoms with Gasteiger partial charge in [-0.15, -0.1) is 0 Å². The molecule has 0 saturated heterocycles. The second-order valence-electron chi connectivity index (χ2n) is 29.6. The molecule has 374 valence electrons. The van der Waals surface area contributed by atoms with Crippen molar-refractivity contribution in [1.29, 1.82) is 0 Å². The maximum atomic E-state index is 13.3. The summed E-state index contributed by atoms with van der Waals surface area (Å²) in [5.74, 6) is 7.66. The number of carbonyl (C=O) groups is 4. The molecule has 0 N–H and O–H groups in total. The van der Waals surface area contributed by atoms with Gasteiger partial charge in [0.15, 0.2) is 0 Å². The highest BCUT2D eigenvalue weighted by Crippen LogP contribution is 2.80. The Morgan fingerprint density at radius 2 is 0.881 bits per heavy atom. The van der Waals surface area contributed by atoms with Crippen LogP contribution in [0.2, 0.25) is 0 Å². The van der Waals surface area contributed by atoms with E-state index in [2.05, 4.69) is 103 Å². The van der Waals surface area contributed by atoms with Crippen molar-refractivity contribution in [3.05, 3.63) is 24.3 Å². The number of carbonyl (C=O) groups excluding carboxylic acids is 4. The number of fused-ring (bicyclic) bond motifs is 14. The van der Waals surface area contributed by atoms with Crippen LogP contribution >= 0.6 is 0 Å². The highest BCUT2D eigenvalue weighted by atomic mass is 16.1. The van der Waals surface area contributed by atoms with E-state index in [-0.39, 0.29) is 54.7 Å². The first kappa shape index (κ1) is 50.1. The van der Waals surface area contributed by atoms with Crippen molar-refractivity contribution in [3.8, 4) is 0 Å². The molecule has 10 rings (SSSR count). The molecule has 0 aromatic carbocycles. The lowest BCUT2D eigenvalue weighted by Gasteiger charge is -2.72. The van der Waals surface area contributed by atoms with E-state index in [0.29, 0.717) is 87.7 Å². The van der Waals surface area contributed by atoms with E-state index in [1.807, 2.05) is 13.8 Å². The summed E-state index contributed by atoms with van der Waals surface area (Å²) >= 11 is 0. The molecule has 10 fully saturated rings.